The maximum atomic E-state index is 14.3. The van der Waals surface area contributed by atoms with Crippen molar-refractivity contribution >= 4 is 11.8 Å². The Morgan fingerprint density at radius 1 is 1.29 bits per heavy atom. The molecule has 1 aromatic carbocycles. The van der Waals surface area contributed by atoms with Gasteiger partial charge in [-0.1, -0.05) is 18.2 Å². The van der Waals surface area contributed by atoms with Gasteiger partial charge >= 0.3 is 0 Å². The number of aryl methyl sites for hydroxylation is 1. The summed E-state index contributed by atoms with van der Waals surface area (Å²) in [4.78, 5) is 40.7. The number of carbonyl (C=O) groups is 2. The van der Waals surface area contributed by atoms with E-state index in [0.717, 1.165) is 4.57 Å². The van der Waals surface area contributed by atoms with Crippen molar-refractivity contribution in [3.8, 4) is 5.75 Å². The zero-order valence-corrected chi connectivity index (χ0v) is 16.2. The van der Waals surface area contributed by atoms with Crippen molar-refractivity contribution in [1.29, 1.82) is 0 Å². The van der Waals surface area contributed by atoms with Gasteiger partial charge < -0.3 is 19.5 Å². The summed E-state index contributed by atoms with van der Waals surface area (Å²) in [5, 5.41) is 10.3. The SMILES string of the molecule is Cc1cccc(CN2CCc3c(c(O)c(=O)n(C)c3C(=O)N(C)C)C2=O)c1F. The Labute approximate surface area is 161 Å². The van der Waals surface area contributed by atoms with E-state index in [1.807, 2.05) is 0 Å². The van der Waals surface area contributed by atoms with Gasteiger partial charge in [0.25, 0.3) is 17.4 Å². The van der Waals surface area contributed by atoms with Crippen LogP contribution in [0.1, 0.15) is 37.5 Å². The lowest BCUT2D eigenvalue weighted by Gasteiger charge is -2.31. The van der Waals surface area contributed by atoms with Crippen LogP contribution >= 0.6 is 0 Å². The van der Waals surface area contributed by atoms with Gasteiger partial charge in [0.05, 0.1) is 5.56 Å². The van der Waals surface area contributed by atoms with Gasteiger partial charge in [-0.3, -0.25) is 14.4 Å². The van der Waals surface area contributed by atoms with Gasteiger partial charge in [0.2, 0.25) is 0 Å². The van der Waals surface area contributed by atoms with E-state index in [2.05, 4.69) is 0 Å². The number of pyridine rings is 1. The van der Waals surface area contributed by atoms with Crippen LogP contribution in [0.5, 0.6) is 5.75 Å². The standard InChI is InChI=1S/C20H22FN3O4/c1-11-6-5-7-12(15(11)21)10-24-9-8-13-14(18(24)26)17(25)20(28)23(4)16(13)19(27)22(2)3/h5-7,25H,8-10H2,1-4H3. The Balaban J connectivity index is 2.09. The Hall–Kier alpha value is -3.16. The van der Waals surface area contributed by atoms with E-state index in [-0.39, 0.29) is 30.8 Å². The Morgan fingerprint density at radius 3 is 2.61 bits per heavy atom. The van der Waals surface area contributed by atoms with Gasteiger partial charge in [-0.25, -0.2) is 4.39 Å². The van der Waals surface area contributed by atoms with Gasteiger partial charge in [-0.2, -0.15) is 0 Å². The highest BCUT2D eigenvalue weighted by molar-refractivity contribution is 6.03. The summed E-state index contributed by atoms with van der Waals surface area (Å²) in [5.74, 6) is -2.10. The summed E-state index contributed by atoms with van der Waals surface area (Å²) in [6.07, 6.45) is 0.269. The fraction of sp³-hybridized carbons (Fsp3) is 0.350. The Kier molecular flexibility index (Phi) is 4.97. The van der Waals surface area contributed by atoms with Crippen LogP contribution in [0.4, 0.5) is 4.39 Å². The molecule has 7 nitrogen and oxygen atoms in total. The maximum absolute atomic E-state index is 14.3. The fourth-order valence-electron chi connectivity index (χ4n) is 3.48. The first-order valence-electron chi connectivity index (χ1n) is 8.84. The molecular formula is C20H22FN3O4. The molecule has 28 heavy (non-hydrogen) atoms. The molecule has 1 aliphatic rings. The van der Waals surface area contributed by atoms with E-state index in [0.29, 0.717) is 16.7 Å². The number of benzene rings is 1. The second-order valence-corrected chi connectivity index (χ2v) is 7.14. The van der Waals surface area contributed by atoms with Crippen molar-refractivity contribution in [2.75, 3.05) is 20.6 Å². The quantitative estimate of drug-likeness (QED) is 0.864. The maximum Gasteiger partial charge on any atom is 0.293 e. The number of nitrogens with zero attached hydrogens (tertiary/aromatic N) is 3. The average molecular weight is 387 g/mol. The molecule has 1 N–H and O–H groups in total. The molecule has 0 unspecified atom stereocenters. The first-order chi connectivity index (χ1) is 13.1. The minimum absolute atomic E-state index is 0.0113. The van der Waals surface area contributed by atoms with Crippen LogP contribution in [0.2, 0.25) is 0 Å². The highest BCUT2D eigenvalue weighted by Crippen LogP contribution is 2.29. The average Bonchev–Trinajstić information content (AvgIpc) is 2.65. The monoisotopic (exact) mass is 387 g/mol. The molecule has 0 radical (unpaired) electrons. The van der Waals surface area contributed by atoms with Crippen LogP contribution < -0.4 is 5.56 Å². The molecular weight excluding hydrogens is 365 g/mol. The molecule has 0 aliphatic carbocycles. The topological polar surface area (TPSA) is 82.8 Å². The predicted octanol–water partition coefficient (Wildman–Crippen LogP) is 1.44. The van der Waals surface area contributed by atoms with Crippen molar-refractivity contribution in [2.45, 2.75) is 19.9 Å². The first-order valence-corrected chi connectivity index (χ1v) is 8.84. The van der Waals surface area contributed by atoms with E-state index in [9.17, 15) is 23.9 Å². The molecule has 1 aliphatic heterocycles. The van der Waals surface area contributed by atoms with E-state index in [1.54, 1.807) is 39.2 Å². The van der Waals surface area contributed by atoms with Crippen LogP contribution in [0, 0.1) is 12.7 Å². The third kappa shape index (κ3) is 3.04. The zero-order chi connectivity index (χ0) is 20.7. The Bertz CT molecular complexity index is 1040. The van der Waals surface area contributed by atoms with Gasteiger partial charge in [-0.15, -0.1) is 0 Å². The summed E-state index contributed by atoms with van der Waals surface area (Å²) in [7, 11) is 4.48. The van der Waals surface area contributed by atoms with Crippen molar-refractivity contribution in [1.82, 2.24) is 14.4 Å². The van der Waals surface area contributed by atoms with E-state index in [1.165, 1.54) is 16.8 Å². The first kappa shape index (κ1) is 19.6. The van der Waals surface area contributed by atoms with E-state index < -0.39 is 28.9 Å². The number of hydrogen-bond acceptors (Lipinski definition) is 4. The summed E-state index contributed by atoms with van der Waals surface area (Å²) in [6, 6.07) is 4.94. The molecule has 2 amide bonds. The van der Waals surface area contributed by atoms with Crippen molar-refractivity contribution in [3.63, 3.8) is 0 Å². The molecule has 0 fully saturated rings. The normalized spacial score (nSPS) is 13.5. The van der Waals surface area contributed by atoms with Crippen LogP contribution in [-0.4, -0.2) is 51.9 Å². The molecule has 0 saturated carbocycles. The smallest absolute Gasteiger partial charge is 0.293 e. The lowest BCUT2D eigenvalue weighted by molar-refractivity contribution is 0.0718. The van der Waals surface area contributed by atoms with Gasteiger partial charge in [-0.05, 0) is 18.9 Å². The minimum Gasteiger partial charge on any atom is -0.502 e. The van der Waals surface area contributed by atoms with Gasteiger partial charge in [0.1, 0.15) is 11.5 Å². The van der Waals surface area contributed by atoms with Crippen molar-refractivity contribution < 1.29 is 19.1 Å². The summed E-state index contributed by atoms with van der Waals surface area (Å²) in [6.45, 7) is 1.89. The number of hydrogen-bond donors (Lipinski definition) is 1. The third-order valence-electron chi connectivity index (χ3n) is 5.04. The number of halogens is 1. The highest BCUT2D eigenvalue weighted by Gasteiger charge is 2.34. The minimum atomic E-state index is -0.819. The molecule has 1 aromatic heterocycles. The largest absolute Gasteiger partial charge is 0.502 e. The molecule has 0 bridgehead atoms. The molecule has 0 saturated heterocycles. The predicted molar refractivity (Wildman–Crippen MR) is 101 cm³/mol. The lowest BCUT2D eigenvalue weighted by atomic mass is 9.95. The van der Waals surface area contributed by atoms with Crippen LogP contribution in [0.15, 0.2) is 23.0 Å². The molecule has 3 rings (SSSR count). The van der Waals surface area contributed by atoms with E-state index >= 15 is 0 Å². The molecule has 0 spiro atoms. The number of fused-ring (bicyclic) bond motifs is 1. The van der Waals surface area contributed by atoms with Gasteiger partial charge in [0.15, 0.2) is 5.75 Å². The fourth-order valence-corrected chi connectivity index (χ4v) is 3.48. The van der Waals surface area contributed by atoms with Crippen LogP contribution in [0.3, 0.4) is 0 Å². The number of aromatic nitrogens is 1. The summed E-state index contributed by atoms with van der Waals surface area (Å²) in [5.41, 5.74) is 0.248. The van der Waals surface area contributed by atoms with Gasteiger partial charge in [0, 0.05) is 45.4 Å². The number of rotatable bonds is 3. The second kappa shape index (κ2) is 7.10. The number of carbonyl (C=O) groups excluding carboxylic acids is 2. The van der Waals surface area contributed by atoms with Crippen molar-refractivity contribution in [3.05, 3.63) is 62.3 Å². The molecule has 0 atom stereocenters. The second-order valence-electron chi connectivity index (χ2n) is 7.14. The number of amides is 2. The van der Waals surface area contributed by atoms with Crippen molar-refractivity contribution in [2.24, 2.45) is 7.05 Å². The molecule has 2 aromatic rings. The highest BCUT2D eigenvalue weighted by atomic mass is 19.1. The molecule has 148 valence electrons. The van der Waals surface area contributed by atoms with E-state index in [4.69, 9.17) is 0 Å². The molecule has 8 heteroatoms. The van der Waals surface area contributed by atoms with Crippen LogP contribution in [-0.2, 0) is 20.0 Å². The lowest BCUT2D eigenvalue weighted by Crippen LogP contribution is -2.42. The zero-order valence-electron chi connectivity index (χ0n) is 16.2. The van der Waals surface area contributed by atoms with Crippen LogP contribution in [0.25, 0.3) is 0 Å². The third-order valence-corrected chi connectivity index (χ3v) is 5.04. The Morgan fingerprint density at radius 2 is 1.96 bits per heavy atom. The summed E-state index contributed by atoms with van der Waals surface area (Å²) >= 11 is 0. The summed E-state index contributed by atoms with van der Waals surface area (Å²) < 4.78 is 15.4. The molecule has 2 heterocycles. The number of aromatic hydroxyl groups is 1.